The van der Waals surface area contributed by atoms with Crippen molar-refractivity contribution in [1.29, 1.82) is 0 Å². The number of benzene rings is 2. The molecule has 3 nitrogen and oxygen atoms in total. The van der Waals surface area contributed by atoms with E-state index in [1.807, 2.05) is 0 Å². The normalized spacial score (nSPS) is 17.3. The third-order valence-electron chi connectivity index (χ3n) is 5.48. The van der Waals surface area contributed by atoms with Crippen LogP contribution < -0.4 is 4.74 Å². The minimum absolute atomic E-state index is 0.0322. The number of methoxy groups -OCH3 is 1. The summed E-state index contributed by atoms with van der Waals surface area (Å²) >= 11 is 0. The molecule has 0 radical (unpaired) electrons. The maximum Gasteiger partial charge on any atom is 0.416 e. The zero-order valence-corrected chi connectivity index (χ0v) is 18.0. The molecule has 35 heavy (non-hydrogen) atoms. The minimum Gasteiger partial charge on any atom is -0.496 e. The van der Waals surface area contributed by atoms with E-state index in [0.717, 1.165) is 30.4 Å². The highest BCUT2D eigenvalue weighted by Gasteiger charge is 2.37. The van der Waals surface area contributed by atoms with E-state index in [1.54, 1.807) is 0 Å². The van der Waals surface area contributed by atoms with Crippen LogP contribution >= 0.6 is 0 Å². The van der Waals surface area contributed by atoms with Crippen molar-refractivity contribution in [3.8, 4) is 5.75 Å². The van der Waals surface area contributed by atoms with Crippen molar-refractivity contribution in [2.24, 2.45) is 0 Å². The van der Waals surface area contributed by atoms with Crippen molar-refractivity contribution in [3.63, 3.8) is 0 Å². The van der Waals surface area contributed by atoms with Gasteiger partial charge in [0.1, 0.15) is 5.75 Å². The van der Waals surface area contributed by atoms with Crippen LogP contribution in [0, 0.1) is 0 Å². The van der Waals surface area contributed by atoms with Gasteiger partial charge in [-0.1, -0.05) is 0 Å². The van der Waals surface area contributed by atoms with Crippen molar-refractivity contribution in [2.75, 3.05) is 13.7 Å². The fourth-order valence-electron chi connectivity index (χ4n) is 3.86. The smallest absolute Gasteiger partial charge is 0.416 e. The Morgan fingerprint density at radius 1 is 0.886 bits per heavy atom. The molecule has 1 heterocycles. The Labute approximate surface area is 193 Å². The third-order valence-corrected chi connectivity index (χ3v) is 5.48. The number of alkyl halides is 9. The number of ether oxygens (including phenoxy) is 1. The molecule has 0 aliphatic carbocycles. The predicted molar refractivity (Wildman–Crippen MR) is 107 cm³/mol. The Morgan fingerprint density at radius 2 is 1.46 bits per heavy atom. The largest absolute Gasteiger partial charge is 0.496 e. The summed E-state index contributed by atoms with van der Waals surface area (Å²) in [5.74, 6) is -0.669. The Kier molecular flexibility index (Phi) is 7.14. The first kappa shape index (κ1) is 26.4. The molecule has 190 valence electrons. The van der Waals surface area contributed by atoms with Gasteiger partial charge in [0.25, 0.3) is 0 Å². The second kappa shape index (κ2) is 9.46. The van der Waals surface area contributed by atoms with Crippen LogP contribution in [-0.4, -0.2) is 24.5 Å². The molecule has 0 saturated carbocycles. The summed E-state index contributed by atoms with van der Waals surface area (Å²) < 4.78 is 123. The monoisotopic (exact) mass is 511 g/mol. The zero-order chi connectivity index (χ0) is 26.2. The van der Waals surface area contributed by atoms with Crippen molar-refractivity contribution in [3.05, 3.63) is 70.3 Å². The van der Waals surface area contributed by atoms with Gasteiger partial charge in [-0.25, -0.2) is 0 Å². The number of halogens is 9. The fourth-order valence-corrected chi connectivity index (χ4v) is 3.86. The number of carbonyl (C=O) groups excluding carboxylic acids is 1. The molecule has 2 aromatic rings. The lowest BCUT2D eigenvalue weighted by atomic mass is 10.00. The predicted octanol–water partition coefficient (Wildman–Crippen LogP) is 7.13. The summed E-state index contributed by atoms with van der Waals surface area (Å²) in [4.78, 5) is 14.0. The molecule has 1 atom stereocenters. The van der Waals surface area contributed by atoms with E-state index in [0.29, 0.717) is 25.0 Å². The standard InChI is InChI=1S/C23H18F9NO2/c1-35-19-6-5-14(21(24,25)26)12-17(19)18-3-2-8-33(18)20(34)7-4-13-9-15(22(27,28)29)11-16(10-13)23(30,31)32/h4-7,9-12,18H,2-3,8H2,1H3/b7-4+. The molecule has 12 heteroatoms. The van der Waals surface area contributed by atoms with E-state index in [1.165, 1.54) is 12.0 Å². The van der Waals surface area contributed by atoms with Crippen LogP contribution in [0.2, 0.25) is 0 Å². The molecule has 2 aromatic carbocycles. The highest BCUT2D eigenvalue weighted by atomic mass is 19.4. The molecular formula is C23H18F9NO2. The first-order valence-electron chi connectivity index (χ1n) is 10.1. The van der Waals surface area contributed by atoms with Crippen LogP contribution in [0.4, 0.5) is 39.5 Å². The number of carbonyl (C=O) groups is 1. The topological polar surface area (TPSA) is 29.5 Å². The van der Waals surface area contributed by atoms with Crippen LogP contribution in [0.1, 0.15) is 46.7 Å². The molecule has 1 aliphatic rings. The summed E-state index contributed by atoms with van der Waals surface area (Å²) in [6.07, 6.45) is -12.4. The number of hydrogen-bond acceptors (Lipinski definition) is 2. The molecule has 1 saturated heterocycles. The van der Waals surface area contributed by atoms with Gasteiger partial charge in [-0.3, -0.25) is 4.79 Å². The van der Waals surface area contributed by atoms with Crippen molar-refractivity contribution in [2.45, 2.75) is 37.4 Å². The molecule has 1 amide bonds. The quantitative estimate of drug-likeness (QED) is 0.323. The Bertz CT molecular complexity index is 1090. The van der Waals surface area contributed by atoms with Gasteiger partial charge in [-0.2, -0.15) is 39.5 Å². The van der Waals surface area contributed by atoms with Gasteiger partial charge in [-0.15, -0.1) is 0 Å². The van der Waals surface area contributed by atoms with E-state index in [2.05, 4.69) is 0 Å². The van der Waals surface area contributed by atoms with Crippen LogP contribution in [-0.2, 0) is 23.3 Å². The molecular weight excluding hydrogens is 493 g/mol. The van der Waals surface area contributed by atoms with E-state index < -0.39 is 52.7 Å². The highest BCUT2D eigenvalue weighted by molar-refractivity contribution is 5.92. The lowest BCUT2D eigenvalue weighted by molar-refractivity contribution is -0.143. The molecule has 1 unspecified atom stereocenters. The Balaban J connectivity index is 1.93. The van der Waals surface area contributed by atoms with Gasteiger partial charge in [0.2, 0.25) is 5.91 Å². The molecule has 1 aliphatic heterocycles. The molecule has 0 spiro atoms. The lowest BCUT2D eigenvalue weighted by Crippen LogP contribution is -2.29. The fraction of sp³-hybridized carbons (Fsp3) is 0.348. The van der Waals surface area contributed by atoms with Crippen LogP contribution in [0.5, 0.6) is 5.75 Å². The molecule has 0 aromatic heterocycles. The summed E-state index contributed by atoms with van der Waals surface area (Å²) in [6.45, 7) is 0.129. The lowest BCUT2D eigenvalue weighted by Gasteiger charge is -2.26. The van der Waals surface area contributed by atoms with Gasteiger partial charge in [0.15, 0.2) is 0 Å². The molecule has 0 bridgehead atoms. The van der Waals surface area contributed by atoms with Crippen LogP contribution in [0.3, 0.4) is 0 Å². The number of likely N-dealkylation sites (tertiary alicyclic amines) is 1. The van der Waals surface area contributed by atoms with E-state index in [4.69, 9.17) is 4.74 Å². The minimum atomic E-state index is -5.05. The van der Waals surface area contributed by atoms with Crippen molar-refractivity contribution < 1.29 is 49.0 Å². The SMILES string of the molecule is COc1ccc(C(F)(F)F)cc1C1CCCN1C(=O)/C=C/c1cc(C(F)(F)F)cc(C(F)(F)F)c1. The van der Waals surface area contributed by atoms with Gasteiger partial charge in [-0.05, 0) is 60.9 Å². The summed E-state index contributed by atoms with van der Waals surface area (Å²) in [5.41, 5.74) is -4.43. The number of amides is 1. The van der Waals surface area contributed by atoms with E-state index >= 15 is 0 Å². The van der Waals surface area contributed by atoms with E-state index in [-0.39, 0.29) is 23.9 Å². The maximum absolute atomic E-state index is 13.2. The van der Waals surface area contributed by atoms with Gasteiger partial charge in [0, 0.05) is 18.2 Å². The van der Waals surface area contributed by atoms with Crippen LogP contribution in [0.15, 0.2) is 42.5 Å². The summed E-state index contributed by atoms with van der Waals surface area (Å²) in [5, 5.41) is 0. The maximum atomic E-state index is 13.2. The van der Waals surface area contributed by atoms with E-state index in [9.17, 15) is 44.3 Å². The zero-order valence-electron chi connectivity index (χ0n) is 18.0. The van der Waals surface area contributed by atoms with Crippen molar-refractivity contribution >= 4 is 12.0 Å². The Morgan fingerprint density at radius 3 is 1.97 bits per heavy atom. The summed E-state index contributed by atoms with van der Waals surface area (Å²) in [6, 6.07) is 2.89. The number of nitrogens with zero attached hydrogens (tertiary/aromatic N) is 1. The average molecular weight is 511 g/mol. The second-order valence-corrected chi connectivity index (χ2v) is 7.82. The molecule has 3 rings (SSSR count). The average Bonchev–Trinajstić information content (AvgIpc) is 3.25. The first-order valence-corrected chi connectivity index (χ1v) is 10.1. The third kappa shape index (κ3) is 6.09. The first-order chi connectivity index (χ1) is 16.1. The summed E-state index contributed by atoms with van der Waals surface area (Å²) in [7, 11) is 1.25. The highest BCUT2D eigenvalue weighted by Crippen LogP contribution is 2.41. The number of rotatable bonds is 4. The molecule has 1 fully saturated rings. The van der Waals surface area contributed by atoms with Gasteiger partial charge in [0.05, 0.1) is 29.8 Å². The van der Waals surface area contributed by atoms with Gasteiger partial charge < -0.3 is 9.64 Å². The molecule has 0 N–H and O–H groups in total. The van der Waals surface area contributed by atoms with Gasteiger partial charge >= 0.3 is 18.5 Å². The van der Waals surface area contributed by atoms with Crippen molar-refractivity contribution in [1.82, 2.24) is 4.90 Å². The second-order valence-electron chi connectivity index (χ2n) is 7.82. The number of hydrogen-bond donors (Lipinski definition) is 0. The Hall–Kier alpha value is -3.18. The van der Waals surface area contributed by atoms with Crippen LogP contribution in [0.25, 0.3) is 6.08 Å².